The van der Waals surface area contributed by atoms with E-state index in [1.54, 1.807) is 4.90 Å². The number of carbonyl (C=O) groups excluding carboxylic acids is 4. The number of carbonyl (C=O) groups is 4. The molecule has 32 heavy (non-hydrogen) atoms. The van der Waals surface area contributed by atoms with Crippen molar-refractivity contribution in [1.29, 1.82) is 0 Å². The number of likely N-dealkylation sites (tertiary alicyclic amines) is 1. The minimum atomic E-state index is -0.360. The van der Waals surface area contributed by atoms with Crippen molar-refractivity contribution in [2.75, 3.05) is 20.1 Å². The summed E-state index contributed by atoms with van der Waals surface area (Å²) < 4.78 is 0. The van der Waals surface area contributed by atoms with Crippen molar-refractivity contribution in [3.05, 3.63) is 0 Å². The highest BCUT2D eigenvalue weighted by Crippen LogP contribution is 2.21. The second kappa shape index (κ2) is 16.7. The van der Waals surface area contributed by atoms with E-state index in [2.05, 4.69) is 10.6 Å². The van der Waals surface area contributed by atoms with Crippen LogP contribution >= 0.6 is 0 Å². The molecule has 184 valence electrons. The number of Topliss-reactive ketones (excluding diaryl/α,β-unsaturated/α-hetero) is 1. The van der Waals surface area contributed by atoms with Crippen molar-refractivity contribution in [2.24, 2.45) is 5.92 Å². The molecular formula is C25H45N3O4. The van der Waals surface area contributed by atoms with E-state index in [0.29, 0.717) is 25.9 Å². The monoisotopic (exact) mass is 451 g/mol. The molecule has 1 unspecified atom stereocenters. The van der Waals surface area contributed by atoms with E-state index in [1.807, 2.05) is 6.92 Å². The van der Waals surface area contributed by atoms with Gasteiger partial charge in [-0.1, -0.05) is 71.1 Å². The maximum Gasteiger partial charge on any atom is 0.223 e. The van der Waals surface area contributed by atoms with Gasteiger partial charge in [-0.15, -0.1) is 0 Å². The molecule has 1 heterocycles. The van der Waals surface area contributed by atoms with Crippen LogP contribution in [0.15, 0.2) is 0 Å². The summed E-state index contributed by atoms with van der Waals surface area (Å²) in [6.45, 7) is 4.26. The van der Waals surface area contributed by atoms with Crippen LogP contribution in [0.25, 0.3) is 0 Å². The van der Waals surface area contributed by atoms with Gasteiger partial charge < -0.3 is 15.5 Å². The first kappa shape index (κ1) is 28.1. The Morgan fingerprint density at radius 1 is 0.906 bits per heavy atom. The zero-order valence-corrected chi connectivity index (χ0v) is 20.5. The first-order valence-electron chi connectivity index (χ1n) is 12.7. The molecule has 2 atom stereocenters. The van der Waals surface area contributed by atoms with Crippen LogP contribution in [-0.2, 0) is 19.2 Å². The minimum absolute atomic E-state index is 0.00823. The van der Waals surface area contributed by atoms with Crippen molar-refractivity contribution < 1.29 is 19.2 Å². The highest BCUT2D eigenvalue weighted by molar-refractivity contribution is 5.88. The lowest BCUT2D eigenvalue weighted by Gasteiger charge is -2.25. The molecule has 0 radical (unpaired) electrons. The van der Waals surface area contributed by atoms with Crippen molar-refractivity contribution in [3.63, 3.8) is 0 Å². The fourth-order valence-electron chi connectivity index (χ4n) is 4.44. The predicted molar refractivity (Wildman–Crippen MR) is 127 cm³/mol. The van der Waals surface area contributed by atoms with Gasteiger partial charge in [0.25, 0.3) is 0 Å². The highest BCUT2D eigenvalue weighted by Gasteiger charge is 2.35. The summed E-state index contributed by atoms with van der Waals surface area (Å²) in [6, 6.07) is -0.360. The summed E-state index contributed by atoms with van der Waals surface area (Å²) in [4.78, 5) is 47.9. The summed E-state index contributed by atoms with van der Waals surface area (Å²) in [5, 5.41) is 5.20. The summed E-state index contributed by atoms with van der Waals surface area (Å²) in [6.07, 6.45) is 16.2. The van der Waals surface area contributed by atoms with Gasteiger partial charge in [-0.05, 0) is 13.3 Å². The Morgan fingerprint density at radius 2 is 1.38 bits per heavy atom. The van der Waals surface area contributed by atoms with E-state index in [0.717, 1.165) is 0 Å². The van der Waals surface area contributed by atoms with E-state index in [-0.39, 0.29) is 48.3 Å². The third kappa shape index (κ3) is 11.6. The van der Waals surface area contributed by atoms with Crippen LogP contribution in [0.1, 0.15) is 104 Å². The van der Waals surface area contributed by atoms with Crippen LogP contribution in [0, 0.1) is 5.92 Å². The van der Waals surface area contributed by atoms with Gasteiger partial charge in [0.15, 0.2) is 5.78 Å². The maximum atomic E-state index is 12.0. The standard InChI is InChI=1S/C15H25N3O4.C10H20/c1-4-12(10(2)19)18-9-11(7-15(18)22)8-17-14(21)6-5-13(20)16-3;1-2-4-6-8-10-9-7-5-3-1/h11-12H,4-9H2,1-3H3,(H,16,20)(H,17,21);1-10H2/t11?,12-;/m1./s1. The van der Waals surface area contributed by atoms with E-state index >= 15 is 0 Å². The zero-order chi connectivity index (χ0) is 23.8. The second-order valence-corrected chi connectivity index (χ2v) is 9.16. The van der Waals surface area contributed by atoms with Crippen LogP contribution in [-0.4, -0.2) is 54.6 Å². The lowest BCUT2D eigenvalue weighted by atomic mass is 10.0. The molecule has 7 nitrogen and oxygen atoms in total. The van der Waals surface area contributed by atoms with Gasteiger partial charge in [-0.3, -0.25) is 19.2 Å². The van der Waals surface area contributed by atoms with Gasteiger partial charge in [0.1, 0.15) is 0 Å². The van der Waals surface area contributed by atoms with Gasteiger partial charge in [0.2, 0.25) is 17.7 Å². The fraction of sp³-hybridized carbons (Fsp3) is 0.840. The van der Waals surface area contributed by atoms with Crippen LogP contribution in [0.2, 0.25) is 0 Å². The quantitative estimate of drug-likeness (QED) is 0.587. The van der Waals surface area contributed by atoms with E-state index < -0.39 is 0 Å². The molecule has 1 saturated heterocycles. The van der Waals surface area contributed by atoms with Crippen molar-refractivity contribution in [3.8, 4) is 0 Å². The molecule has 0 aromatic rings. The van der Waals surface area contributed by atoms with Crippen LogP contribution in [0.5, 0.6) is 0 Å². The summed E-state index contributed by atoms with van der Waals surface area (Å²) in [5.74, 6) is -0.402. The van der Waals surface area contributed by atoms with Gasteiger partial charge in [-0.2, -0.15) is 0 Å². The summed E-state index contributed by atoms with van der Waals surface area (Å²) in [5.41, 5.74) is 0. The summed E-state index contributed by atoms with van der Waals surface area (Å²) in [7, 11) is 1.53. The average molecular weight is 452 g/mol. The van der Waals surface area contributed by atoms with Crippen LogP contribution in [0.4, 0.5) is 0 Å². The van der Waals surface area contributed by atoms with Gasteiger partial charge in [-0.25, -0.2) is 0 Å². The summed E-state index contributed by atoms with van der Waals surface area (Å²) >= 11 is 0. The Morgan fingerprint density at radius 3 is 1.78 bits per heavy atom. The largest absolute Gasteiger partial charge is 0.359 e. The van der Waals surface area contributed by atoms with Gasteiger partial charge in [0.05, 0.1) is 6.04 Å². The fourth-order valence-corrected chi connectivity index (χ4v) is 4.44. The van der Waals surface area contributed by atoms with E-state index in [1.165, 1.54) is 78.2 Å². The van der Waals surface area contributed by atoms with Crippen molar-refractivity contribution in [1.82, 2.24) is 15.5 Å². The molecule has 2 N–H and O–H groups in total. The molecule has 2 aliphatic rings. The third-order valence-electron chi connectivity index (χ3n) is 6.42. The first-order chi connectivity index (χ1) is 15.4. The molecular weight excluding hydrogens is 406 g/mol. The van der Waals surface area contributed by atoms with Crippen LogP contribution in [0.3, 0.4) is 0 Å². The Bertz CT molecular complexity index is 561. The maximum absolute atomic E-state index is 12.0. The lowest BCUT2D eigenvalue weighted by Crippen LogP contribution is -2.41. The Labute approximate surface area is 194 Å². The first-order valence-corrected chi connectivity index (χ1v) is 12.7. The number of ketones is 1. The Kier molecular flexibility index (Phi) is 14.7. The minimum Gasteiger partial charge on any atom is -0.359 e. The SMILES string of the molecule is C1CCCCCCCCC1.CC[C@H](C(C)=O)N1CC(CNC(=O)CCC(=O)NC)CC1=O. The molecule has 2 fully saturated rings. The normalized spacial score (nSPS) is 20.5. The van der Waals surface area contributed by atoms with E-state index in [4.69, 9.17) is 0 Å². The van der Waals surface area contributed by atoms with Crippen LogP contribution < -0.4 is 10.6 Å². The van der Waals surface area contributed by atoms with Crippen molar-refractivity contribution in [2.45, 2.75) is 110 Å². The zero-order valence-electron chi connectivity index (χ0n) is 20.5. The molecule has 0 aromatic heterocycles. The van der Waals surface area contributed by atoms with E-state index in [9.17, 15) is 19.2 Å². The molecule has 1 aliphatic heterocycles. The molecule has 2 rings (SSSR count). The molecule has 3 amide bonds. The molecule has 1 aliphatic carbocycles. The topological polar surface area (TPSA) is 95.6 Å². The molecule has 1 saturated carbocycles. The smallest absolute Gasteiger partial charge is 0.223 e. The third-order valence-corrected chi connectivity index (χ3v) is 6.42. The Balaban J connectivity index is 0.000000425. The molecule has 0 aromatic carbocycles. The average Bonchev–Trinajstić information content (AvgIpc) is 3.15. The van der Waals surface area contributed by atoms with Gasteiger partial charge >= 0.3 is 0 Å². The lowest BCUT2D eigenvalue weighted by molar-refractivity contribution is -0.135. The van der Waals surface area contributed by atoms with Crippen molar-refractivity contribution >= 4 is 23.5 Å². The number of nitrogens with zero attached hydrogens (tertiary/aromatic N) is 1. The Hall–Kier alpha value is -1.92. The second-order valence-electron chi connectivity index (χ2n) is 9.16. The number of amides is 3. The molecule has 7 heteroatoms. The molecule has 0 spiro atoms. The highest BCUT2D eigenvalue weighted by atomic mass is 16.2. The number of hydrogen-bond acceptors (Lipinski definition) is 4. The number of hydrogen-bond donors (Lipinski definition) is 2. The molecule has 0 bridgehead atoms. The number of nitrogens with one attached hydrogen (secondary N) is 2. The van der Waals surface area contributed by atoms with Gasteiger partial charge in [0, 0.05) is 45.3 Å². The number of rotatable bonds is 8. The predicted octanol–water partition coefficient (Wildman–Crippen LogP) is 3.75.